The molecular weight excluding hydrogens is 250 g/mol. The molecule has 1 aliphatic heterocycles. The second-order valence-electron chi connectivity index (χ2n) is 6.40. The maximum Gasteiger partial charge on any atom is 0.164 e. The third-order valence-electron chi connectivity index (χ3n) is 4.80. The van der Waals surface area contributed by atoms with Crippen LogP contribution in [0.2, 0.25) is 0 Å². The first-order valence-corrected chi connectivity index (χ1v) is 7.81. The third-order valence-corrected chi connectivity index (χ3v) is 4.80. The SMILES string of the molecule is CC(C)c1c(C2(CN)CCC2)ccc2c1OCCCO2. The fraction of sp³-hybridized carbons (Fsp3) is 0.647. The zero-order chi connectivity index (χ0) is 14.2. The van der Waals surface area contributed by atoms with Gasteiger partial charge in [-0.05, 0) is 30.4 Å². The van der Waals surface area contributed by atoms with E-state index in [4.69, 9.17) is 15.2 Å². The van der Waals surface area contributed by atoms with E-state index in [9.17, 15) is 0 Å². The van der Waals surface area contributed by atoms with Gasteiger partial charge in [-0.2, -0.15) is 0 Å². The van der Waals surface area contributed by atoms with E-state index in [2.05, 4.69) is 26.0 Å². The van der Waals surface area contributed by atoms with Crippen LogP contribution in [0.25, 0.3) is 0 Å². The number of fused-ring (bicyclic) bond motifs is 1. The molecule has 3 nitrogen and oxygen atoms in total. The molecule has 0 saturated heterocycles. The molecule has 3 rings (SSSR count). The van der Waals surface area contributed by atoms with E-state index in [1.54, 1.807) is 0 Å². The van der Waals surface area contributed by atoms with Crippen molar-refractivity contribution in [3.8, 4) is 11.5 Å². The summed E-state index contributed by atoms with van der Waals surface area (Å²) >= 11 is 0. The minimum Gasteiger partial charge on any atom is -0.490 e. The van der Waals surface area contributed by atoms with E-state index < -0.39 is 0 Å². The van der Waals surface area contributed by atoms with Gasteiger partial charge in [0.15, 0.2) is 11.5 Å². The molecule has 1 saturated carbocycles. The average Bonchev–Trinajstić information content (AvgIpc) is 2.62. The maximum atomic E-state index is 6.10. The Labute approximate surface area is 121 Å². The van der Waals surface area contributed by atoms with Gasteiger partial charge in [-0.15, -0.1) is 0 Å². The molecule has 1 aromatic rings. The molecule has 0 amide bonds. The second-order valence-corrected chi connectivity index (χ2v) is 6.40. The fourth-order valence-corrected chi connectivity index (χ4v) is 3.48. The molecule has 0 aromatic heterocycles. The first-order valence-electron chi connectivity index (χ1n) is 7.81. The second kappa shape index (κ2) is 5.28. The van der Waals surface area contributed by atoms with Crippen molar-refractivity contribution in [2.75, 3.05) is 19.8 Å². The summed E-state index contributed by atoms with van der Waals surface area (Å²) in [6.07, 6.45) is 4.62. The van der Waals surface area contributed by atoms with E-state index in [1.165, 1.54) is 30.4 Å². The molecule has 0 radical (unpaired) electrons. The number of hydrogen-bond donors (Lipinski definition) is 1. The third kappa shape index (κ3) is 2.08. The molecule has 110 valence electrons. The van der Waals surface area contributed by atoms with Crippen molar-refractivity contribution >= 4 is 0 Å². The summed E-state index contributed by atoms with van der Waals surface area (Å²) in [7, 11) is 0. The molecule has 20 heavy (non-hydrogen) atoms. The minimum atomic E-state index is 0.171. The van der Waals surface area contributed by atoms with E-state index in [0.717, 1.165) is 37.7 Å². The van der Waals surface area contributed by atoms with Gasteiger partial charge in [0.05, 0.1) is 13.2 Å². The monoisotopic (exact) mass is 275 g/mol. The lowest BCUT2D eigenvalue weighted by Gasteiger charge is -2.43. The van der Waals surface area contributed by atoms with Crippen LogP contribution in [0, 0.1) is 0 Å². The standard InChI is InChI=1S/C17H25NO2/c1-12(2)15-13(17(11-18)7-3-8-17)5-6-14-16(15)20-10-4-9-19-14/h5-6,12H,3-4,7-11,18H2,1-2H3. The molecule has 0 spiro atoms. The summed E-state index contributed by atoms with van der Waals surface area (Å²) in [5.41, 5.74) is 8.98. The summed E-state index contributed by atoms with van der Waals surface area (Å²) in [5.74, 6) is 2.29. The quantitative estimate of drug-likeness (QED) is 0.920. The normalized spacial score (nSPS) is 20.4. The van der Waals surface area contributed by atoms with Crippen molar-refractivity contribution in [3.63, 3.8) is 0 Å². The Balaban J connectivity index is 2.13. The van der Waals surface area contributed by atoms with Crippen LogP contribution in [0.15, 0.2) is 12.1 Å². The van der Waals surface area contributed by atoms with Crippen molar-refractivity contribution in [1.29, 1.82) is 0 Å². The zero-order valence-electron chi connectivity index (χ0n) is 12.6. The highest BCUT2D eigenvalue weighted by Crippen LogP contribution is 2.50. The molecule has 1 aliphatic carbocycles. The van der Waals surface area contributed by atoms with Crippen LogP contribution in [0.5, 0.6) is 11.5 Å². The molecule has 1 heterocycles. The summed E-state index contributed by atoms with van der Waals surface area (Å²) in [6.45, 7) is 6.68. The first-order chi connectivity index (χ1) is 9.68. The van der Waals surface area contributed by atoms with Crippen molar-refractivity contribution in [2.24, 2.45) is 5.73 Å². The highest BCUT2D eigenvalue weighted by Gasteiger charge is 2.40. The predicted octanol–water partition coefficient (Wildman–Crippen LogP) is 3.35. The minimum absolute atomic E-state index is 0.171. The number of hydrogen-bond acceptors (Lipinski definition) is 3. The van der Waals surface area contributed by atoms with Crippen molar-refractivity contribution in [2.45, 2.75) is 50.9 Å². The first kappa shape index (κ1) is 13.7. The number of rotatable bonds is 3. The van der Waals surface area contributed by atoms with Crippen molar-refractivity contribution in [3.05, 3.63) is 23.3 Å². The van der Waals surface area contributed by atoms with Crippen LogP contribution < -0.4 is 15.2 Å². The van der Waals surface area contributed by atoms with E-state index >= 15 is 0 Å². The Hall–Kier alpha value is -1.22. The molecule has 2 N–H and O–H groups in total. The lowest BCUT2D eigenvalue weighted by atomic mass is 9.62. The van der Waals surface area contributed by atoms with Gasteiger partial charge in [-0.25, -0.2) is 0 Å². The summed E-state index contributed by atoms with van der Waals surface area (Å²) in [5, 5.41) is 0. The maximum absolute atomic E-state index is 6.10. The fourth-order valence-electron chi connectivity index (χ4n) is 3.48. The van der Waals surface area contributed by atoms with Crippen LogP contribution in [0.3, 0.4) is 0 Å². The highest BCUT2D eigenvalue weighted by atomic mass is 16.5. The Morgan fingerprint density at radius 2 is 1.90 bits per heavy atom. The van der Waals surface area contributed by atoms with Crippen molar-refractivity contribution < 1.29 is 9.47 Å². The lowest BCUT2D eigenvalue weighted by Crippen LogP contribution is -2.42. The van der Waals surface area contributed by atoms with Gasteiger partial charge < -0.3 is 15.2 Å². The van der Waals surface area contributed by atoms with E-state index in [-0.39, 0.29) is 5.41 Å². The summed E-state index contributed by atoms with van der Waals surface area (Å²) in [4.78, 5) is 0. The van der Waals surface area contributed by atoms with Crippen LogP contribution in [0.1, 0.15) is 56.6 Å². The summed E-state index contributed by atoms with van der Waals surface area (Å²) < 4.78 is 11.9. The van der Waals surface area contributed by atoms with Crippen LogP contribution in [-0.4, -0.2) is 19.8 Å². The molecule has 2 aliphatic rings. The summed E-state index contributed by atoms with van der Waals surface area (Å²) in [6, 6.07) is 4.31. The number of ether oxygens (including phenoxy) is 2. The largest absolute Gasteiger partial charge is 0.490 e. The van der Waals surface area contributed by atoms with Crippen LogP contribution in [0.4, 0.5) is 0 Å². The van der Waals surface area contributed by atoms with Gasteiger partial charge in [0.1, 0.15) is 0 Å². The van der Waals surface area contributed by atoms with Crippen molar-refractivity contribution in [1.82, 2.24) is 0 Å². The zero-order valence-corrected chi connectivity index (χ0v) is 12.6. The van der Waals surface area contributed by atoms with Crippen LogP contribution in [-0.2, 0) is 5.41 Å². The van der Waals surface area contributed by atoms with Gasteiger partial charge in [0.25, 0.3) is 0 Å². The molecule has 3 heteroatoms. The molecule has 0 atom stereocenters. The Morgan fingerprint density at radius 3 is 2.50 bits per heavy atom. The smallest absolute Gasteiger partial charge is 0.164 e. The number of nitrogens with two attached hydrogens (primary N) is 1. The molecule has 1 aromatic carbocycles. The van der Waals surface area contributed by atoms with Gasteiger partial charge in [0.2, 0.25) is 0 Å². The van der Waals surface area contributed by atoms with Crippen LogP contribution >= 0.6 is 0 Å². The molecule has 0 unspecified atom stereocenters. The predicted molar refractivity (Wildman–Crippen MR) is 80.7 cm³/mol. The van der Waals surface area contributed by atoms with Gasteiger partial charge in [-0.1, -0.05) is 26.3 Å². The number of benzene rings is 1. The molecular formula is C17H25NO2. The van der Waals surface area contributed by atoms with Gasteiger partial charge in [0, 0.05) is 23.9 Å². The lowest BCUT2D eigenvalue weighted by molar-refractivity contribution is 0.247. The Morgan fingerprint density at radius 1 is 1.15 bits per heavy atom. The van der Waals surface area contributed by atoms with Gasteiger partial charge >= 0.3 is 0 Å². The Bertz CT molecular complexity index is 486. The average molecular weight is 275 g/mol. The highest BCUT2D eigenvalue weighted by molar-refractivity contribution is 5.55. The topological polar surface area (TPSA) is 44.5 Å². The Kier molecular flexibility index (Phi) is 3.63. The van der Waals surface area contributed by atoms with E-state index in [0.29, 0.717) is 5.92 Å². The van der Waals surface area contributed by atoms with E-state index in [1.807, 2.05) is 0 Å². The molecule has 1 fully saturated rings. The molecule has 0 bridgehead atoms. The van der Waals surface area contributed by atoms with Gasteiger partial charge in [-0.3, -0.25) is 0 Å².